The van der Waals surface area contributed by atoms with Gasteiger partial charge in [-0.05, 0) is 46.0 Å². The van der Waals surface area contributed by atoms with Crippen molar-refractivity contribution in [2.45, 2.75) is 74.8 Å². The molecule has 1 saturated carbocycles. The lowest BCUT2D eigenvalue weighted by atomic mass is 9.62. The summed E-state index contributed by atoms with van der Waals surface area (Å²) in [6.07, 6.45) is -4.63. The van der Waals surface area contributed by atoms with Gasteiger partial charge in [0, 0.05) is 44.0 Å². The number of amides is 2. The standard InChI is InChI=1S/C40H38F3N3O10/c41-40(42,43)22-52-30(48)13-12-23-8-10-24(11-9-23)21-46-33-36(50)53-29-19-39(33,37(51)45-20-25-4-3-7-26(16-25)35(49)44-14-15-47)34(56-46)32-31(29)54-38(55-32)17-27-5-1-2-6-28(27)18-38/h1-13,16,29,31-34,47H,14-15,17-22H2,(H,44,49)(H,45,51). The minimum Gasteiger partial charge on any atom is -0.458 e. The molecule has 3 saturated heterocycles. The molecule has 294 valence electrons. The molecule has 16 heteroatoms. The second-order valence-electron chi connectivity index (χ2n) is 14.6. The van der Waals surface area contributed by atoms with Crippen LogP contribution in [0.4, 0.5) is 13.2 Å². The Morgan fingerprint density at radius 2 is 1.68 bits per heavy atom. The first-order chi connectivity index (χ1) is 26.9. The average Bonchev–Trinajstić information content (AvgIpc) is 3.86. The summed E-state index contributed by atoms with van der Waals surface area (Å²) in [6, 6.07) is 20.1. The number of nitrogens with zero attached hydrogens (tertiary/aromatic N) is 1. The Balaban J connectivity index is 1.05. The smallest absolute Gasteiger partial charge is 0.422 e. The zero-order valence-electron chi connectivity index (χ0n) is 29.8. The van der Waals surface area contributed by atoms with E-state index < -0.39 is 72.3 Å². The van der Waals surface area contributed by atoms with Crippen molar-refractivity contribution in [1.82, 2.24) is 15.7 Å². The maximum Gasteiger partial charge on any atom is 0.422 e. The highest BCUT2D eigenvalue weighted by molar-refractivity contribution is 5.95. The molecule has 8 rings (SSSR count). The number of hydrogen-bond acceptors (Lipinski definition) is 11. The second kappa shape index (κ2) is 14.7. The zero-order valence-corrected chi connectivity index (χ0v) is 29.8. The minimum atomic E-state index is -4.64. The minimum absolute atomic E-state index is 0.0320. The van der Waals surface area contributed by atoms with Crippen LogP contribution in [0.25, 0.3) is 6.08 Å². The lowest BCUT2D eigenvalue weighted by Gasteiger charge is -2.48. The van der Waals surface area contributed by atoms with Gasteiger partial charge >= 0.3 is 18.1 Å². The lowest BCUT2D eigenvalue weighted by molar-refractivity contribution is -0.217. The number of carbonyl (C=O) groups excluding carboxylic acids is 4. The summed E-state index contributed by atoms with van der Waals surface area (Å²) in [5, 5.41) is 16.1. The fourth-order valence-corrected chi connectivity index (χ4v) is 8.48. The number of benzene rings is 3. The van der Waals surface area contributed by atoms with Crippen LogP contribution in [-0.4, -0.2) is 96.1 Å². The molecular formula is C40H38F3N3O10. The van der Waals surface area contributed by atoms with Crippen LogP contribution in [0.3, 0.4) is 0 Å². The molecule has 5 aliphatic rings. The average molecular weight is 778 g/mol. The monoisotopic (exact) mass is 777 g/mol. The molecule has 2 aliphatic carbocycles. The van der Waals surface area contributed by atoms with Crippen molar-refractivity contribution in [2.75, 3.05) is 19.8 Å². The summed E-state index contributed by atoms with van der Waals surface area (Å²) in [5.41, 5.74) is 2.83. The summed E-state index contributed by atoms with van der Waals surface area (Å²) in [6.45, 7) is -1.75. The molecular weight excluding hydrogens is 739 g/mol. The normalized spacial score (nSPS) is 27.1. The van der Waals surface area contributed by atoms with Crippen LogP contribution in [0.5, 0.6) is 0 Å². The highest BCUT2D eigenvalue weighted by Crippen LogP contribution is 2.58. The fourth-order valence-electron chi connectivity index (χ4n) is 8.48. The van der Waals surface area contributed by atoms with E-state index in [1.165, 1.54) is 11.1 Å². The largest absolute Gasteiger partial charge is 0.458 e. The van der Waals surface area contributed by atoms with Gasteiger partial charge in [-0.2, -0.15) is 18.2 Å². The van der Waals surface area contributed by atoms with Crippen molar-refractivity contribution < 1.29 is 61.2 Å². The van der Waals surface area contributed by atoms with Gasteiger partial charge in [0.25, 0.3) is 5.91 Å². The number of hydroxylamine groups is 2. The second-order valence-corrected chi connectivity index (χ2v) is 14.6. The van der Waals surface area contributed by atoms with Crippen LogP contribution in [0, 0.1) is 5.41 Å². The van der Waals surface area contributed by atoms with Crippen LogP contribution in [0.1, 0.15) is 44.6 Å². The molecule has 3 aliphatic heterocycles. The van der Waals surface area contributed by atoms with Crippen molar-refractivity contribution >= 4 is 29.8 Å². The van der Waals surface area contributed by atoms with Crippen molar-refractivity contribution in [2.24, 2.45) is 5.41 Å². The Labute approximate surface area is 318 Å². The zero-order chi connectivity index (χ0) is 39.2. The van der Waals surface area contributed by atoms with Crippen LogP contribution >= 0.6 is 0 Å². The summed E-state index contributed by atoms with van der Waals surface area (Å²) in [7, 11) is 0. The molecule has 0 aromatic heterocycles. The number of carbonyl (C=O) groups is 4. The van der Waals surface area contributed by atoms with Crippen LogP contribution in [-0.2, 0) is 64.1 Å². The number of hydrogen-bond donors (Lipinski definition) is 3. The Kier molecular flexibility index (Phi) is 9.95. The highest BCUT2D eigenvalue weighted by Gasteiger charge is 2.76. The first kappa shape index (κ1) is 37.8. The van der Waals surface area contributed by atoms with Gasteiger partial charge in [-0.1, -0.05) is 60.7 Å². The summed E-state index contributed by atoms with van der Waals surface area (Å²) in [4.78, 5) is 59.6. The highest BCUT2D eigenvalue weighted by atomic mass is 19.4. The predicted octanol–water partition coefficient (Wildman–Crippen LogP) is 2.92. The third-order valence-corrected chi connectivity index (χ3v) is 10.9. The summed E-state index contributed by atoms with van der Waals surface area (Å²) >= 11 is 0. The number of aliphatic hydroxyl groups is 1. The molecule has 3 aromatic carbocycles. The number of fused-ring (bicyclic) bond motifs is 5. The van der Waals surface area contributed by atoms with E-state index in [0.29, 0.717) is 35.1 Å². The van der Waals surface area contributed by atoms with Gasteiger partial charge in [0.15, 0.2) is 18.4 Å². The van der Waals surface area contributed by atoms with E-state index >= 15 is 0 Å². The van der Waals surface area contributed by atoms with Gasteiger partial charge in [0.2, 0.25) is 5.91 Å². The number of esters is 2. The summed E-state index contributed by atoms with van der Waals surface area (Å²) < 4.78 is 60.9. The van der Waals surface area contributed by atoms with E-state index in [-0.39, 0.29) is 38.6 Å². The number of aliphatic hydroxyl groups excluding tert-OH is 1. The van der Waals surface area contributed by atoms with Crippen molar-refractivity contribution in [3.8, 4) is 0 Å². The first-order valence-electron chi connectivity index (χ1n) is 18.2. The number of ether oxygens (including phenoxy) is 4. The summed E-state index contributed by atoms with van der Waals surface area (Å²) in [5.74, 6) is -3.67. The number of rotatable bonds is 11. The van der Waals surface area contributed by atoms with E-state index in [1.54, 1.807) is 48.5 Å². The van der Waals surface area contributed by atoms with E-state index in [0.717, 1.165) is 17.2 Å². The van der Waals surface area contributed by atoms with Gasteiger partial charge in [-0.15, -0.1) is 0 Å². The van der Waals surface area contributed by atoms with Gasteiger partial charge in [0.05, 0.1) is 13.2 Å². The molecule has 3 N–H and O–H groups in total. The van der Waals surface area contributed by atoms with Crippen LogP contribution in [0.2, 0.25) is 0 Å². The number of alkyl halides is 3. The van der Waals surface area contributed by atoms with Gasteiger partial charge in [0.1, 0.15) is 29.8 Å². The topological polar surface area (TPSA) is 162 Å². The van der Waals surface area contributed by atoms with Crippen LogP contribution in [0.15, 0.2) is 78.9 Å². The molecule has 13 nitrogen and oxygen atoms in total. The maximum atomic E-state index is 14.7. The third-order valence-electron chi connectivity index (χ3n) is 10.9. The molecule has 3 heterocycles. The fraction of sp³-hybridized carbons (Fsp3) is 0.400. The lowest BCUT2D eigenvalue weighted by Crippen LogP contribution is -2.69. The SMILES string of the molecule is O=C(C=Cc1ccc(CN2OC3C4OC5(Cc6ccccc6C5)OC4C4CC3(C(=O)NCc3cccc(C(=O)NCCO)c3)C2C(=O)O4)cc1)OCC(F)(F)F. The molecule has 3 aromatic rings. The molecule has 0 radical (unpaired) electrons. The molecule has 6 unspecified atom stereocenters. The van der Waals surface area contributed by atoms with E-state index in [2.05, 4.69) is 15.4 Å². The Bertz CT molecular complexity index is 2030. The van der Waals surface area contributed by atoms with Gasteiger partial charge in [-0.25, -0.2) is 4.79 Å². The molecule has 1 spiro atoms. The first-order valence-corrected chi connectivity index (χ1v) is 18.2. The molecule has 4 fully saturated rings. The van der Waals surface area contributed by atoms with Gasteiger partial charge in [-0.3, -0.25) is 19.2 Å². The van der Waals surface area contributed by atoms with E-state index in [9.17, 15) is 32.3 Å². The molecule has 56 heavy (non-hydrogen) atoms. The van der Waals surface area contributed by atoms with Crippen molar-refractivity contribution in [1.29, 1.82) is 0 Å². The number of nitrogens with one attached hydrogen (secondary N) is 2. The molecule has 6 atom stereocenters. The van der Waals surface area contributed by atoms with Gasteiger partial charge < -0.3 is 34.7 Å². The third kappa shape index (κ3) is 7.18. The Hall–Kier alpha value is -5.13. The quantitative estimate of drug-likeness (QED) is 0.194. The predicted molar refractivity (Wildman–Crippen MR) is 188 cm³/mol. The van der Waals surface area contributed by atoms with Crippen molar-refractivity contribution in [3.05, 3.63) is 112 Å². The van der Waals surface area contributed by atoms with Crippen molar-refractivity contribution in [3.63, 3.8) is 0 Å². The Morgan fingerprint density at radius 1 is 0.946 bits per heavy atom. The molecule has 2 amide bonds. The Morgan fingerprint density at radius 3 is 2.39 bits per heavy atom. The molecule has 2 bridgehead atoms. The van der Waals surface area contributed by atoms with Crippen LogP contribution < -0.4 is 10.6 Å². The number of halogens is 3. The van der Waals surface area contributed by atoms with E-state index in [4.69, 9.17) is 24.2 Å². The van der Waals surface area contributed by atoms with E-state index in [1.807, 2.05) is 24.3 Å². The maximum absolute atomic E-state index is 14.7.